The molecule has 0 saturated carbocycles. The van der Waals surface area contributed by atoms with Gasteiger partial charge in [-0.1, -0.05) is 99.6 Å². The monoisotopic (exact) mass is 599 g/mol. The van der Waals surface area contributed by atoms with Crippen LogP contribution in [0.4, 0.5) is 5.82 Å². The lowest BCUT2D eigenvalue weighted by Gasteiger charge is -2.43. The summed E-state index contributed by atoms with van der Waals surface area (Å²) in [6.45, 7) is 8.55. The van der Waals surface area contributed by atoms with Crippen LogP contribution < -0.4 is 21.4 Å². The molecule has 4 aromatic rings. The van der Waals surface area contributed by atoms with E-state index < -0.39 is 20.2 Å². The van der Waals surface area contributed by atoms with E-state index in [0.717, 1.165) is 4.90 Å². The van der Waals surface area contributed by atoms with Crippen LogP contribution >= 0.6 is 11.8 Å². The van der Waals surface area contributed by atoms with Gasteiger partial charge in [0, 0.05) is 18.0 Å². The molecule has 1 aliphatic heterocycles. The van der Waals surface area contributed by atoms with E-state index in [2.05, 4.69) is 91.7 Å². The molecular weight excluding hydrogens is 563 g/mol. The van der Waals surface area contributed by atoms with Crippen molar-refractivity contribution < 1.29 is 14.0 Å². The molecule has 1 aliphatic rings. The summed E-state index contributed by atoms with van der Waals surface area (Å²) in [4.78, 5) is 29.8. The zero-order valence-electron chi connectivity index (χ0n) is 24.4. The molecular formula is C33H37N3O4SSi. The summed E-state index contributed by atoms with van der Waals surface area (Å²) in [6.07, 6.45) is 1.56. The first-order chi connectivity index (χ1) is 20.2. The molecule has 0 bridgehead atoms. The van der Waals surface area contributed by atoms with Crippen LogP contribution in [0.1, 0.15) is 40.3 Å². The Morgan fingerprint density at radius 2 is 1.55 bits per heavy atom. The average molecular weight is 600 g/mol. The van der Waals surface area contributed by atoms with Crippen molar-refractivity contribution in [2.45, 2.75) is 61.6 Å². The second kappa shape index (κ2) is 12.8. The van der Waals surface area contributed by atoms with Crippen LogP contribution in [-0.2, 0) is 14.0 Å². The molecule has 0 aliphatic carbocycles. The number of benzene rings is 3. The van der Waals surface area contributed by atoms with Crippen LogP contribution in [-0.4, -0.2) is 41.7 Å². The molecule has 1 fully saturated rings. The molecule has 1 N–H and O–H groups in total. The van der Waals surface area contributed by atoms with Crippen molar-refractivity contribution in [2.24, 2.45) is 0 Å². The van der Waals surface area contributed by atoms with Crippen LogP contribution in [0.5, 0.6) is 0 Å². The van der Waals surface area contributed by atoms with Crippen molar-refractivity contribution >= 4 is 42.2 Å². The fourth-order valence-corrected chi connectivity index (χ4v) is 11.6. The van der Waals surface area contributed by atoms with Crippen LogP contribution in [0.15, 0.2) is 113 Å². The Bertz CT molecular complexity index is 1510. The van der Waals surface area contributed by atoms with E-state index >= 15 is 0 Å². The number of carbonyl (C=O) groups is 1. The molecule has 1 saturated heterocycles. The van der Waals surface area contributed by atoms with Gasteiger partial charge in [-0.2, -0.15) is 4.98 Å². The molecule has 42 heavy (non-hydrogen) atoms. The lowest BCUT2D eigenvalue weighted by atomic mass is 10.2. The summed E-state index contributed by atoms with van der Waals surface area (Å²) in [7, 11) is -2.76. The fourth-order valence-electron chi connectivity index (χ4n) is 5.68. The van der Waals surface area contributed by atoms with Gasteiger partial charge in [0.15, 0.2) is 6.23 Å². The highest BCUT2D eigenvalue weighted by Gasteiger charge is 2.51. The predicted molar refractivity (Wildman–Crippen MR) is 171 cm³/mol. The first kappa shape index (κ1) is 30.0. The Balaban J connectivity index is 1.47. The van der Waals surface area contributed by atoms with E-state index in [1.165, 1.54) is 21.9 Å². The van der Waals surface area contributed by atoms with Crippen molar-refractivity contribution in [1.82, 2.24) is 9.55 Å². The Labute approximate surface area is 252 Å². The quantitative estimate of drug-likeness (QED) is 0.266. The highest BCUT2D eigenvalue weighted by Crippen LogP contribution is 2.42. The molecule has 0 radical (unpaired) electrons. The van der Waals surface area contributed by atoms with E-state index in [9.17, 15) is 9.59 Å². The number of nitrogens with zero attached hydrogens (tertiary/aromatic N) is 2. The number of ether oxygens (including phenoxy) is 1. The number of amides is 1. The van der Waals surface area contributed by atoms with Crippen molar-refractivity contribution in [3.63, 3.8) is 0 Å². The van der Waals surface area contributed by atoms with Gasteiger partial charge in [0.2, 0.25) is 5.91 Å². The molecule has 1 aromatic heterocycles. The molecule has 0 spiro atoms. The molecule has 2 heterocycles. The number of hydrogen-bond acceptors (Lipinski definition) is 6. The number of hydrogen-bond donors (Lipinski definition) is 1. The minimum atomic E-state index is -2.76. The van der Waals surface area contributed by atoms with Crippen molar-refractivity contribution in [1.29, 1.82) is 0 Å². The number of carbonyl (C=O) groups excluding carboxylic acids is 1. The van der Waals surface area contributed by atoms with Crippen LogP contribution in [0, 0.1) is 0 Å². The zero-order chi connectivity index (χ0) is 29.7. The minimum absolute atomic E-state index is 0.0497. The topological polar surface area (TPSA) is 82.5 Å². The Kier molecular flexibility index (Phi) is 9.13. The second-order valence-electron chi connectivity index (χ2n) is 11.5. The lowest BCUT2D eigenvalue weighted by Crippen LogP contribution is -2.67. The minimum Gasteiger partial charge on any atom is -0.405 e. The highest BCUT2D eigenvalue weighted by atomic mass is 32.2. The third kappa shape index (κ3) is 6.44. The van der Waals surface area contributed by atoms with Crippen molar-refractivity contribution in [3.8, 4) is 0 Å². The number of thioether (sulfide) groups is 1. The number of nitrogens with one attached hydrogen (secondary N) is 1. The average Bonchev–Trinajstić information content (AvgIpc) is 3.36. The van der Waals surface area contributed by atoms with Gasteiger partial charge in [-0.25, -0.2) is 4.79 Å². The van der Waals surface area contributed by atoms with Gasteiger partial charge >= 0.3 is 5.69 Å². The summed E-state index contributed by atoms with van der Waals surface area (Å²) in [5.41, 5.74) is -0.474. The van der Waals surface area contributed by atoms with Crippen molar-refractivity contribution in [3.05, 3.63) is 114 Å². The first-order valence-electron chi connectivity index (χ1n) is 14.2. The van der Waals surface area contributed by atoms with Crippen molar-refractivity contribution in [2.75, 3.05) is 11.9 Å². The third-order valence-electron chi connectivity index (χ3n) is 7.49. The van der Waals surface area contributed by atoms with Crippen LogP contribution in [0.25, 0.3) is 0 Å². The van der Waals surface area contributed by atoms with E-state index in [1.807, 2.05) is 30.3 Å². The zero-order valence-corrected chi connectivity index (χ0v) is 26.2. The number of anilines is 1. The Hall–Kier alpha value is -3.50. The maximum atomic E-state index is 13.1. The Morgan fingerprint density at radius 3 is 2.07 bits per heavy atom. The SMILES string of the molecule is CC(=O)Nc1ccn([C@@H]2O[C@H](CO[Si](c3ccccc3)(c3ccccc3)C(C)(C)C)C[C@H]2Sc2ccccc2)c(=O)n1. The maximum Gasteiger partial charge on any atom is 0.351 e. The van der Waals surface area contributed by atoms with E-state index in [0.29, 0.717) is 13.0 Å². The van der Waals surface area contributed by atoms with Gasteiger partial charge in [-0.3, -0.25) is 9.36 Å². The number of aromatic nitrogens is 2. The largest absolute Gasteiger partial charge is 0.405 e. The summed E-state index contributed by atoms with van der Waals surface area (Å²) in [6, 6.07) is 32.9. The molecule has 218 valence electrons. The molecule has 3 aromatic carbocycles. The molecule has 5 rings (SSSR count). The molecule has 3 atom stereocenters. The van der Waals surface area contributed by atoms with E-state index in [4.69, 9.17) is 9.16 Å². The van der Waals surface area contributed by atoms with Gasteiger partial charge in [-0.15, -0.1) is 11.8 Å². The van der Waals surface area contributed by atoms with Gasteiger partial charge in [0.1, 0.15) is 5.82 Å². The molecule has 7 nitrogen and oxygen atoms in total. The summed E-state index contributed by atoms with van der Waals surface area (Å²) in [5, 5.41) is 4.79. The lowest BCUT2D eigenvalue weighted by molar-refractivity contribution is -0.114. The van der Waals surface area contributed by atoms with Gasteiger partial charge in [0.05, 0.1) is 18.0 Å². The molecule has 9 heteroatoms. The first-order valence-corrected chi connectivity index (χ1v) is 16.9. The number of rotatable bonds is 9. The van der Waals surface area contributed by atoms with Gasteiger partial charge < -0.3 is 14.5 Å². The normalized spacial score (nSPS) is 19.0. The van der Waals surface area contributed by atoms with Crippen LogP contribution in [0.3, 0.4) is 0 Å². The fraction of sp³-hybridized carbons (Fsp3) is 0.303. The molecule has 0 unspecified atom stereocenters. The smallest absolute Gasteiger partial charge is 0.351 e. The standard InChI is InChI=1S/C33H37N3O4SSi/c1-24(37)34-30-20-21-36(32(38)35-30)31-29(41-26-14-8-5-9-15-26)22-25(40-31)23-39-42(33(2,3)4,27-16-10-6-11-17-27)28-18-12-7-13-19-28/h5-21,25,29,31H,22-23H2,1-4H3,(H,34,35,37,38)/t25-,29+,31+/m0/s1. The molecule has 1 amide bonds. The third-order valence-corrected chi connectivity index (χ3v) is 13.8. The van der Waals surface area contributed by atoms with E-state index in [1.54, 1.807) is 24.0 Å². The van der Waals surface area contributed by atoms with Crippen LogP contribution in [0.2, 0.25) is 5.04 Å². The summed E-state index contributed by atoms with van der Waals surface area (Å²) < 4.78 is 15.3. The maximum absolute atomic E-state index is 13.1. The van der Waals surface area contributed by atoms with Gasteiger partial charge in [0.25, 0.3) is 8.32 Å². The second-order valence-corrected chi connectivity index (χ2v) is 17.1. The van der Waals surface area contributed by atoms with Gasteiger partial charge in [-0.05, 0) is 40.0 Å². The Morgan fingerprint density at radius 1 is 0.976 bits per heavy atom. The van der Waals surface area contributed by atoms with E-state index in [-0.39, 0.29) is 28.1 Å². The predicted octanol–water partition coefficient (Wildman–Crippen LogP) is 5.23. The highest BCUT2D eigenvalue weighted by molar-refractivity contribution is 8.00. The summed E-state index contributed by atoms with van der Waals surface area (Å²) in [5.74, 6) is -0.0598. The summed E-state index contributed by atoms with van der Waals surface area (Å²) >= 11 is 1.69.